The van der Waals surface area contributed by atoms with Crippen molar-refractivity contribution >= 4 is 23.3 Å². The minimum atomic E-state index is -2.63. The number of carbonyl (C=O) groups excluding carboxylic acids is 1. The molecule has 1 aromatic rings. The van der Waals surface area contributed by atoms with Crippen molar-refractivity contribution in [2.24, 2.45) is 11.8 Å². The highest BCUT2D eigenvalue weighted by atomic mass is 35.5. The lowest BCUT2D eigenvalue weighted by Crippen LogP contribution is -2.41. The number of hydrogen-bond acceptors (Lipinski definition) is 5. The number of ether oxygens (including phenoxy) is 1. The first kappa shape index (κ1) is 18.3. The molecule has 0 bridgehead atoms. The lowest BCUT2D eigenvalue weighted by atomic mass is 9.79. The van der Waals surface area contributed by atoms with Gasteiger partial charge in [-0.25, -0.2) is 8.78 Å². The van der Waals surface area contributed by atoms with Crippen molar-refractivity contribution in [2.45, 2.75) is 44.1 Å². The fourth-order valence-electron chi connectivity index (χ4n) is 3.55. The third-order valence-electron chi connectivity index (χ3n) is 4.83. The summed E-state index contributed by atoms with van der Waals surface area (Å²) < 4.78 is 31.3. The summed E-state index contributed by atoms with van der Waals surface area (Å²) in [4.78, 5) is 12.4. The van der Waals surface area contributed by atoms with Gasteiger partial charge in [-0.05, 0) is 30.7 Å². The quantitative estimate of drug-likeness (QED) is 0.827. The van der Waals surface area contributed by atoms with Crippen molar-refractivity contribution < 1.29 is 18.3 Å². The number of alkyl halides is 2. The standard InChI is InChI=1S/C16H21ClF2N4O2/c17-15-11(6-12(20)22-23-15)14(10-1-3-25-4-2-10)21-13(24)5-9-7-16(18,19)8-9/h6,9-10,14H,1-5,7-8H2,(H2,20,22)(H,21,24)/t14-/m1/s1. The van der Waals surface area contributed by atoms with Crippen molar-refractivity contribution in [3.63, 3.8) is 0 Å². The summed E-state index contributed by atoms with van der Waals surface area (Å²) in [6.45, 7) is 1.19. The number of halogens is 3. The Morgan fingerprint density at radius 3 is 2.72 bits per heavy atom. The van der Waals surface area contributed by atoms with Gasteiger partial charge in [-0.3, -0.25) is 4.79 Å². The minimum Gasteiger partial charge on any atom is -0.382 e. The first-order valence-corrected chi connectivity index (χ1v) is 8.75. The summed E-state index contributed by atoms with van der Waals surface area (Å²) in [6.07, 6.45) is 1.14. The molecule has 25 heavy (non-hydrogen) atoms. The van der Waals surface area contributed by atoms with Crippen LogP contribution in [0.1, 0.15) is 43.7 Å². The second-order valence-electron chi connectivity index (χ2n) is 6.84. The Morgan fingerprint density at radius 2 is 2.08 bits per heavy atom. The van der Waals surface area contributed by atoms with Crippen molar-refractivity contribution in [1.82, 2.24) is 15.5 Å². The van der Waals surface area contributed by atoms with Crippen molar-refractivity contribution in [3.05, 3.63) is 16.8 Å². The third kappa shape index (κ3) is 4.55. The number of rotatable bonds is 5. The molecule has 1 amide bonds. The molecule has 1 aliphatic carbocycles. The summed E-state index contributed by atoms with van der Waals surface area (Å²) in [5.41, 5.74) is 6.32. The second-order valence-corrected chi connectivity index (χ2v) is 7.20. The van der Waals surface area contributed by atoms with Crippen LogP contribution < -0.4 is 11.1 Å². The molecule has 2 aliphatic rings. The van der Waals surface area contributed by atoms with Gasteiger partial charge in [0.1, 0.15) is 5.82 Å². The number of nitrogen functional groups attached to an aromatic ring is 1. The van der Waals surface area contributed by atoms with Crippen LogP contribution in [0.3, 0.4) is 0 Å². The molecule has 3 rings (SSSR count). The van der Waals surface area contributed by atoms with Crippen LogP contribution in [0.2, 0.25) is 5.15 Å². The lowest BCUT2D eigenvalue weighted by molar-refractivity contribution is -0.134. The molecule has 2 fully saturated rings. The smallest absolute Gasteiger partial charge is 0.248 e. The minimum absolute atomic E-state index is 0.0842. The van der Waals surface area contributed by atoms with Crippen molar-refractivity contribution in [1.29, 1.82) is 0 Å². The lowest BCUT2D eigenvalue weighted by Gasteiger charge is -2.36. The van der Waals surface area contributed by atoms with Crippen LogP contribution in [0, 0.1) is 11.8 Å². The van der Waals surface area contributed by atoms with Gasteiger partial charge in [0.05, 0.1) is 6.04 Å². The number of aromatic nitrogens is 2. The number of anilines is 1. The van der Waals surface area contributed by atoms with Gasteiger partial charge in [0.15, 0.2) is 5.15 Å². The van der Waals surface area contributed by atoms with Crippen molar-refractivity contribution in [2.75, 3.05) is 18.9 Å². The molecule has 3 N–H and O–H groups in total. The number of amides is 1. The molecule has 1 saturated heterocycles. The highest BCUT2D eigenvalue weighted by Gasteiger charge is 2.46. The van der Waals surface area contributed by atoms with Crippen LogP contribution >= 0.6 is 11.6 Å². The summed E-state index contributed by atoms with van der Waals surface area (Å²) in [6, 6.07) is 1.22. The summed E-state index contributed by atoms with van der Waals surface area (Å²) in [5, 5.41) is 10.7. The molecule has 1 aromatic heterocycles. The fourth-order valence-corrected chi connectivity index (χ4v) is 3.76. The molecule has 2 heterocycles. The van der Waals surface area contributed by atoms with Crippen LogP contribution in [-0.2, 0) is 9.53 Å². The van der Waals surface area contributed by atoms with Gasteiger partial charge >= 0.3 is 0 Å². The van der Waals surface area contributed by atoms with Crippen LogP contribution in [0.4, 0.5) is 14.6 Å². The Kier molecular flexibility index (Phi) is 5.38. The highest BCUT2D eigenvalue weighted by molar-refractivity contribution is 6.30. The molecule has 0 unspecified atom stereocenters. The van der Waals surface area contributed by atoms with E-state index in [1.54, 1.807) is 6.07 Å². The van der Waals surface area contributed by atoms with Crippen molar-refractivity contribution in [3.8, 4) is 0 Å². The molecule has 0 aromatic carbocycles. The van der Waals surface area contributed by atoms with Crippen LogP contribution in [0.5, 0.6) is 0 Å². The van der Waals surface area contributed by atoms with Gasteiger partial charge in [0, 0.05) is 38.0 Å². The molecule has 0 radical (unpaired) electrons. The van der Waals surface area contributed by atoms with E-state index in [4.69, 9.17) is 22.1 Å². The molecule has 6 nitrogen and oxygen atoms in total. The summed E-state index contributed by atoms with van der Waals surface area (Å²) >= 11 is 6.16. The zero-order valence-corrected chi connectivity index (χ0v) is 14.4. The Bertz CT molecular complexity index is 633. The van der Waals surface area contributed by atoms with E-state index in [0.29, 0.717) is 18.8 Å². The maximum absolute atomic E-state index is 13.0. The van der Waals surface area contributed by atoms with E-state index in [0.717, 1.165) is 12.8 Å². The maximum atomic E-state index is 13.0. The molecule has 0 spiro atoms. The predicted molar refractivity (Wildman–Crippen MR) is 88.2 cm³/mol. The number of nitrogens with zero attached hydrogens (tertiary/aromatic N) is 2. The van der Waals surface area contributed by atoms with E-state index in [-0.39, 0.29) is 54.0 Å². The number of carbonyl (C=O) groups is 1. The average Bonchev–Trinajstić information content (AvgIpc) is 2.54. The zero-order valence-electron chi connectivity index (χ0n) is 13.7. The van der Waals surface area contributed by atoms with Crippen LogP contribution in [-0.4, -0.2) is 35.2 Å². The van der Waals surface area contributed by atoms with Crippen LogP contribution in [0.15, 0.2) is 6.07 Å². The van der Waals surface area contributed by atoms with Gasteiger partial charge in [0.2, 0.25) is 11.8 Å². The summed E-state index contributed by atoms with van der Waals surface area (Å²) in [7, 11) is 0. The van der Waals surface area contributed by atoms with E-state index in [1.165, 1.54) is 0 Å². The fraction of sp³-hybridized carbons (Fsp3) is 0.688. The number of nitrogens with two attached hydrogens (primary N) is 1. The Hall–Kier alpha value is -1.54. The second kappa shape index (κ2) is 7.37. The number of hydrogen-bond donors (Lipinski definition) is 2. The first-order chi connectivity index (χ1) is 11.8. The van der Waals surface area contributed by atoms with Gasteiger partial charge in [-0.15, -0.1) is 10.2 Å². The van der Waals surface area contributed by atoms with Crippen LogP contribution in [0.25, 0.3) is 0 Å². The normalized spacial score (nSPS) is 22.2. The molecule has 138 valence electrons. The van der Waals surface area contributed by atoms with E-state index in [9.17, 15) is 13.6 Å². The molecule has 9 heteroatoms. The molecule has 1 saturated carbocycles. The van der Waals surface area contributed by atoms with Gasteiger partial charge in [0.25, 0.3) is 0 Å². The van der Waals surface area contributed by atoms with Gasteiger partial charge < -0.3 is 15.8 Å². The summed E-state index contributed by atoms with van der Waals surface area (Å²) in [5.74, 6) is -2.84. The monoisotopic (exact) mass is 374 g/mol. The third-order valence-corrected chi connectivity index (χ3v) is 5.13. The Balaban J connectivity index is 1.72. The number of nitrogens with one attached hydrogen (secondary N) is 1. The molecular weight excluding hydrogens is 354 g/mol. The Labute approximate surface area is 149 Å². The van der Waals surface area contributed by atoms with E-state index in [1.807, 2.05) is 0 Å². The van der Waals surface area contributed by atoms with E-state index < -0.39 is 5.92 Å². The first-order valence-electron chi connectivity index (χ1n) is 8.37. The highest BCUT2D eigenvalue weighted by Crippen LogP contribution is 2.44. The van der Waals surface area contributed by atoms with E-state index in [2.05, 4.69) is 15.5 Å². The SMILES string of the molecule is Nc1cc([C@H](NC(=O)CC2CC(F)(F)C2)C2CCOCC2)c(Cl)nn1. The molecule has 1 atom stereocenters. The topological polar surface area (TPSA) is 90.1 Å². The molecular formula is C16H21ClF2N4O2. The van der Waals surface area contributed by atoms with Gasteiger partial charge in [-0.2, -0.15) is 0 Å². The van der Waals surface area contributed by atoms with Gasteiger partial charge in [-0.1, -0.05) is 11.6 Å². The average molecular weight is 375 g/mol. The largest absolute Gasteiger partial charge is 0.382 e. The maximum Gasteiger partial charge on any atom is 0.248 e. The van der Waals surface area contributed by atoms with E-state index >= 15 is 0 Å². The molecule has 1 aliphatic heterocycles. The zero-order chi connectivity index (χ0) is 18.0. The predicted octanol–water partition coefficient (Wildman–Crippen LogP) is 2.73. The Morgan fingerprint density at radius 1 is 1.40 bits per heavy atom.